The van der Waals surface area contributed by atoms with Crippen LogP contribution in [0.1, 0.15) is 6.92 Å². The fourth-order valence-corrected chi connectivity index (χ4v) is 2.76. The zero-order valence-electron chi connectivity index (χ0n) is 12.7. The molecule has 0 amide bonds. The van der Waals surface area contributed by atoms with Crippen LogP contribution in [0.3, 0.4) is 0 Å². The van der Waals surface area contributed by atoms with Gasteiger partial charge in [0.2, 0.25) is 5.96 Å². The predicted molar refractivity (Wildman–Crippen MR) is 92.9 cm³/mol. The third-order valence-electron chi connectivity index (χ3n) is 3.58. The van der Waals surface area contributed by atoms with E-state index in [1.165, 1.54) is 0 Å². The topological polar surface area (TPSA) is 109 Å². The standard InChI is InChI=1S/C14H22ClN7/c1-2-21-6-8-22(9-7-21)12-10(15)4-3-5-11(12)19-14(18)20-13(16)17/h3-5H,2,6-9H2,1H3,(H6,16,17,18,19,20). The molecule has 1 fully saturated rings. The highest BCUT2D eigenvalue weighted by atomic mass is 35.5. The maximum atomic E-state index is 6.37. The van der Waals surface area contributed by atoms with Crippen molar-refractivity contribution in [2.24, 2.45) is 27.2 Å². The van der Waals surface area contributed by atoms with Crippen LogP contribution in [-0.4, -0.2) is 49.5 Å². The van der Waals surface area contributed by atoms with E-state index >= 15 is 0 Å². The second-order valence-electron chi connectivity index (χ2n) is 5.04. The van der Waals surface area contributed by atoms with Crippen molar-refractivity contribution in [2.45, 2.75) is 6.92 Å². The van der Waals surface area contributed by atoms with Gasteiger partial charge in [0.25, 0.3) is 0 Å². The largest absolute Gasteiger partial charge is 0.370 e. The molecule has 0 aliphatic carbocycles. The lowest BCUT2D eigenvalue weighted by Gasteiger charge is -2.36. The van der Waals surface area contributed by atoms with E-state index in [9.17, 15) is 0 Å². The Morgan fingerprint density at radius 1 is 1.18 bits per heavy atom. The number of guanidine groups is 2. The Kier molecular flexibility index (Phi) is 5.46. The van der Waals surface area contributed by atoms with Crippen molar-refractivity contribution in [2.75, 3.05) is 37.6 Å². The molecule has 1 heterocycles. The molecule has 120 valence electrons. The fraction of sp³-hybridized carbons (Fsp3) is 0.429. The summed E-state index contributed by atoms with van der Waals surface area (Å²) < 4.78 is 0. The molecule has 7 nitrogen and oxygen atoms in total. The summed E-state index contributed by atoms with van der Waals surface area (Å²) in [5, 5.41) is 0.642. The lowest BCUT2D eigenvalue weighted by molar-refractivity contribution is 0.271. The molecule has 6 N–H and O–H groups in total. The van der Waals surface area contributed by atoms with Crippen LogP contribution in [0.2, 0.25) is 5.02 Å². The highest BCUT2D eigenvalue weighted by Gasteiger charge is 2.20. The molecule has 0 unspecified atom stereocenters. The van der Waals surface area contributed by atoms with E-state index in [0.717, 1.165) is 38.4 Å². The second-order valence-corrected chi connectivity index (χ2v) is 5.44. The number of piperazine rings is 1. The van der Waals surface area contributed by atoms with Crippen LogP contribution in [0.4, 0.5) is 11.4 Å². The molecule has 0 radical (unpaired) electrons. The molecule has 0 saturated carbocycles. The first-order valence-corrected chi connectivity index (χ1v) is 7.58. The van der Waals surface area contributed by atoms with Gasteiger partial charge in [0.05, 0.1) is 16.4 Å². The minimum atomic E-state index is -0.124. The van der Waals surface area contributed by atoms with Crippen LogP contribution in [-0.2, 0) is 0 Å². The van der Waals surface area contributed by atoms with E-state index in [-0.39, 0.29) is 11.9 Å². The number of hydrogen-bond donors (Lipinski definition) is 3. The Morgan fingerprint density at radius 2 is 1.86 bits per heavy atom. The van der Waals surface area contributed by atoms with Crippen molar-refractivity contribution < 1.29 is 0 Å². The number of benzene rings is 1. The van der Waals surface area contributed by atoms with Gasteiger partial charge < -0.3 is 27.0 Å². The molecule has 0 bridgehead atoms. The summed E-state index contributed by atoms with van der Waals surface area (Å²) in [5.74, 6) is -0.114. The van der Waals surface area contributed by atoms with Crippen molar-refractivity contribution in [1.29, 1.82) is 0 Å². The molecule has 1 aliphatic heterocycles. The Bertz CT molecular complexity index is 573. The zero-order chi connectivity index (χ0) is 16.1. The molecule has 1 aromatic rings. The van der Waals surface area contributed by atoms with Crippen molar-refractivity contribution in [3.8, 4) is 0 Å². The average Bonchev–Trinajstić information content (AvgIpc) is 2.47. The van der Waals surface area contributed by atoms with E-state index in [0.29, 0.717) is 10.7 Å². The number of halogens is 1. The van der Waals surface area contributed by atoms with E-state index in [4.69, 9.17) is 28.8 Å². The summed E-state index contributed by atoms with van der Waals surface area (Å²) in [6.07, 6.45) is 0. The normalized spacial score (nSPS) is 16.6. The summed E-state index contributed by atoms with van der Waals surface area (Å²) in [7, 11) is 0. The number of para-hydroxylation sites is 1. The fourth-order valence-electron chi connectivity index (χ4n) is 2.48. The number of likely N-dealkylation sites (N-methyl/N-ethyl adjacent to an activating group) is 1. The number of nitrogens with two attached hydrogens (primary N) is 3. The van der Waals surface area contributed by atoms with Gasteiger partial charge in [0.1, 0.15) is 0 Å². The predicted octanol–water partition coefficient (Wildman–Crippen LogP) is 0.702. The zero-order valence-corrected chi connectivity index (χ0v) is 13.4. The molecule has 1 saturated heterocycles. The summed E-state index contributed by atoms with van der Waals surface area (Å²) in [4.78, 5) is 12.6. The Balaban J connectivity index is 2.30. The quantitative estimate of drug-likeness (QED) is 0.560. The van der Waals surface area contributed by atoms with Crippen molar-refractivity contribution >= 4 is 34.9 Å². The molecule has 2 rings (SSSR count). The first-order valence-electron chi connectivity index (χ1n) is 7.21. The first-order chi connectivity index (χ1) is 10.5. The van der Waals surface area contributed by atoms with Crippen molar-refractivity contribution in [3.05, 3.63) is 23.2 Å². The van der Waals surface area contributed by atoms with Gasteiger partial charge in [-0.2, -0.15) is 4.99 Å². The molecule has 0 spiro atoms. The van der Waals surface area contributed by atoms with Crippen LogP contribution in [0, 0.1) is 0 Å². The van der Waals surface area contributed by atoms with E-state index < -0.39 is 0 Å². The molecule has 0 atom stereocenters. The van der Waals surface area contributed by atoms with Gasteiger partial charge in [-0.25, -0.2) is 4.99 Å². The van der Waals surface area contributed by atoms with Gasteiger partial charge in [0, 0.05) is 26.2 Å². The third-order valence-corrected chi connectivity index (χ3v) is 3.88. The minimum absolute atomic E-state index is 0.00992. The lowest BCUT2D eigenvalue weighted by atomic mass is 10.2. The van der Waals surface area contributed by atoms with Gasteiger partial charge in [0.15, 0.2) is 5.96 Å². The number of nitrogens with zero attached hydrogens (tertiary/aromatic N) is 4. The maximum Gasteiger partial charge on any atom is 0.223 e. The number of rotatable bonds is 3. The Labute approximate surface area is 135 Å². The average molecular weight is 324 g/mol. The molecule has 22 heavy (non-hydrogen) atoms. The van der Waals surface area contributed by atoms with Crippen molar-refractivity contribution in [1.82, 2.24) is 4.90 Å². The highest BCUT2D eigenvalue weighted by molar-refractivity contribution is 6.34. The smallest absolute Gasteiger partial charge is 0.223 e. The van der Waals surface area contributed by atoms with E-state index in [1.54, 1.807) is 0 Å². The number of anilines is 1. The molecule has 0 aromatic heterocycles. The molecular formula is C14H22ClN7. The van der Waals surface area contributed by atoms with Crippen LogP contribution in [0.25, 0.3) is 0 Å². The second kappa shape index (κ2) is 7.33. The Hall–Kier alpha value is -1.99. The van der Waals surface area contributed by atoms with Crippen LogP contribution >= 0.6 is 11.6 Å². The van der Waals surface area contributed by atoms with Gasteiger partial charge in [-0.3, -0.25) is 0 Å². The van der Waals surface area contributed by atoms with E-state index in [2.05, 4.69) is 26.7 Å². The van der Waals surface area contributed by atoms with Crippen LogP contribution in [0.15, 0.2) is 28.2 Å². The van der Waals surface area contributed by atoms with Crippen LogP contribution < -0.4 is 22.1 Å². The maximum absolute atomic E-state index is 6.37. The molecule has 1 aromatic carbocycles. The molecule has 1 aliphatic rings. The van der Waals surface area contributed by atoms with Gasteiger partial charge in [-0.1, -0.05) is 24.6 Å². The van der Waals surface area contributed by atoms with Gasteiger partial charge in [-0.05, 0) is 18.7 Å². The van der Waals surface area contributed by atoms with Crippen molar-refractivity contribution in [3.63, 3.8) is 0 Å². The summed E-state index contributed by atoms with van der Waals surface area (Å²) in [6, 6.07) is 5.52. The first kappa shape index (κ1) is 16.4. The van der Waals surface area contributed by atoms with Gasteiger partial charge >= 0.3 is 0 Å². The summed E-state index contributed by atoms with van der Waals surface area (Å²) in [5.41, 5.74) is 17.9. The molecule has 8 heteroatoms. The van der Waals surface area contributed by atoms with Gasteiger partial charge in [-0.15, -0.1) is 0 Å². The SMILES string of the molecule is CCN1CCN(c2c(Cl)cccc2N=C(N)N=C(N)N)CC1. The van der Waals surface area contributed by atoms with Crippen LogP contribution in [0.5, 0.6) is 0 Å². The monoisotopic (exact) mass is 323 g/mol. The lowest BCUT2D eigenvalue weighted by Crippen LogP contribution is -2.46. The Morgan fingerprint density at radius 3 is 2.45 bits per heavy atom. The third kappa shape index (κ3) is 4.02. The van der Waals surface area contributed by atoms with E-state index in [1.807, 2.05) is 18.2 Å². The summed E-state index contributed by atoms with van der Waals surface area (Å²) >= 11 is 6.37. The molecular weight excluding hydrogens is 302 g/mol. The number of aliphatic imine (C=N–C) groups is 2. The highest BCUT2D eigenvalue weighted by Crippen LogP contribution is 2.36. The summed E-state index contributed by atoms with van der Waals surface area (Å²) in [6.45, 7) is 6.99. The number of hydrogen-bond acceptors (Lipinski definition) is 3. The minimum Gasteiger partial charge on any atom is -0.370 e.